The van der Waals surface area contributed by atoms with Crippen molar-refractivity contribution >= 4 is 17.0 Å². The number of piperidine rings is 1. The van der Waals surface area contributed by atoms with Gasteiger partial charge in [0, 0.05) is 20.2 Å². The molecule has 0 aliphatic carbocycles. The third-order valence-corrected chi connectivity index (χ3v) is 3.53. The molecule has 3 heterocycles. The van der Waals surface area contributed by atoms with Crippen LogP contribution in [0.1, 0.15) is 12.8 Å². The van der Waals surface area contributed by atoms with E-state index >= 15 is 0 Å². The number of methoxy groups -OCH3 is 1. The van der Waals surface area contributed by atoms with E-state index in [0.29, 0.717) is 22.9 Å². The van der Waals surface area contributed by atoms with Gasteiger partial charge in [0.1, 0.15) is 5.39 Å². The Morgan fingerprint density at radius 2 is 2.47 bits per heavy atom. The third kappa shape index (κ3) is 2.33. The third-order valence-electron chi connectivity index (χ3n) is 3.53. The molecule has 2 N–H and O–H groups in total. The fourth-order valence-electron chi connectivity index (χ4n) is 2.61. The molecule has 0 aromatic carbocycles. The topological polar surface area (TPSA) is 86.9 Å². The zero-order chi connectivity index (χ0) is 13.2. The number of aromatic nitrogens is 4. The minimum atomic E-state index is -0.150. The average Bonchev–Trinajstić information content (AvgIpc) is 2.88. The first-order valence-electron chi connectivity index (χ1n) is 6.45. The lowest BCUT2D eigenvalue weighted by molar-refractivity contribution is 0.143. The molecule has 7 nitrogen and oxygen atoms in total. The number of ether oxygens (including phenoxy) is 1. The van der Waals surface area contributed by atoms with Gasteiger partial charge in [0.05, 0.1) is 12.8 Å². The van der Waals surface area contributed by atoms with E-state index in [1.54, 1.807) is 7.11 Å². The Morgan fingerprint density at radius 3 is 3.32 bits per heavy atom. The average molecular weight is 263 g/mol. The highest BCUT2D eigenvalue weighted by Gasteiger charge is 2.22. The van der Waals surface area contributed by atoms with E-state index in [2.05, 4.69) is 25.1 Å². The predicted octanol–water partition coefficient (Wildman–Crippen LogP) is 0.509. The summed E-state index contributed by atoms with van der Waals surface area (Å²) in [4.78, 5) is 21.3. The number of hydrogen-bond donors (Lipinski definition) is 2. The van der Waals surface area contributed by atoms with Crippen LogP contribution >= 0.6 is 0 Å². The van der Waals surface area contributed by atoms with Crippen LogP contribution in [0.25, 0.3) is 11.0 Å². The lowest BCUT2D eigenvalue weighted by Gasteiger charge is -2.32. The highest BCUT2D eigenvalue weighted by molar-refractivity contribution is 5.73. The molecule has 1 aliphatic heterocycles. The summed E-state index contributed by atoms with van der Waals surface area (Å²) in [6.07, 6.45) is 3.73. The maximum absolute atomic E-state index is 11.9. The summed E-state index contributed by atoms with van der Waals surface area (Å²) in [5, 5.41) is 7.09. The number of anilines is 1. The monoisotopic (exact) mass is 263 g/mol. The Bertz CT molecular complexity index is 618. The van der Waals surface area contributed by atoms with Gasteiger partial charge in [0.15, 0.2) is 5.65 Å². The van der Waals surface area contributed by atoms with E-state index in [1.165, 1.54) is 6.20 Å². The molecular formula is C12H17N5O2. The summed E-state index contributed by atoms with van der Waals surface area (Å²) in [6, 6.07) is 0. The number of nitrogens with one attached hydrogen (secondary N) is 2. The number of nitrogens with zero attached hydrogens (tertiary/aromatic N) is 3. The highest BCUT2D eigenvalue weighted by atomic mass is 16.5. The molecule has 1 atom stereocenters. The first-order chi connectivity index (χ1) is 9.28. The molecular weight excluding hydrogens is 246 g/mol. The second kappa shape index (κ2) is 5.00. The zero-order valence-electron chi connectivity index (χ0n) is 10.8. The zero-order valence-corrected chi connectivity index (χ0v) is 10.8. The fraction of sp³-hybridized carbons (Fsp3) is 0.583. The minimum absolute atomic E-state index is 0.150. The van der Waals surface area contributed by atoms with E-state index in [9.17, 15) is 4.79 Å². The van der Waals surface area contributed by atoms with Crippen molar-refractivity contribution in [2.24, 2.45) is 5.92 Å². The van der Waals surface area contributed by atoms with Crippen LogP contribution in [-0.2, 0) is 4.74 Å². The van der Waals surface area contributed by atoms with Crippen molar-refractivity contribution in [2.45, 2.75) is 12.8 Å². The predicted molar refractivity (Wildman–Crippen MR) is 71.3 cm³/mol. The smallest absolute Gasteiger partial charge is 0.263 e. The van der Waals surface area contributed by atoms with Gasteiger partial charge in [0.25, 0.3) is 5.56 Å². The van der Waals surface area contributed by atoms with Crippen LogP contribution in [0, 0.1) is 5.92 Å². The lowest BCUT2D eigenvalue weighted by Crippen LogP contribution is -2.38. The van der Waals surface area contributed by atoms with Crippen molar-refractivity contribution in [3.8, 4) is 0 Å². The summed E-state index contributed by atoms with van der Waals surface area (Å²) in [6.45, 7) is 2.51. The van der Waals surface area contributed by atoms with Gasteiger partial charge in [-0.3, -0.25) is 14.9 Å². The van der Waals surface area contributed by atoms with E-state index in [-0.39, 0.29) is 5.56 Å². The van der Waals surface area contributed by atoms with Crippen LogP contribution in [0.2, 0.25) is 0 Å². The van der Waals surface area contributed by atoms with Gasteiger partial charge in [-0.15, -0.1) is 0 Å². The Labute approximate surface area is 110 Å². The SMILES string of the molecule is COCC1CCCN(c2nc3[nH]ncc3c(=O)[nH]2)C1. The molecule has 0 radical (unpaired) electrons. The fourth-order valence-corrected chi connectivity index (χ4v) is 2.61. The number of fused-ring (bicyclic) bond motifs is 1. The molecule has 2 aromatic rings. The maximum atomic E-state index is 11.9. The van der Waals surface area contributed by atoms with E-state index in [1.807, 2.05) is 0 Å². The standard InChI is InChI=1S/C12H17N5O2/c1-19-7-8-3-2-4-17(6-8)12-14-10-9(5-13-16-10)11(18)15-12/h5,8H,2-4,6-7H2,1H3,(H2,13,14,15,16,18). The molecule has 1 fully saturated rings. The van der Waals surface area contributed by atoms with Crippen molar-refractivity contribution in [3.63, 3.8) is 0 Å². The Kier molecular flexibility index (Phi) is 3.20. The first kappa shape index (κ1) is 12.2. The number of rotatable bonds is 3. The van der Waals surface area contributed by atoms with Crippen molar-refractivity contribution < 1.29 is 4.74 Å². The molecule has 3 rings (SSSR count). The summed E-state index contributed by atoms with van der Waals surface area (Å²) >= 11 is 0. The van der Waals surface area contributed by atoms with Crippen molar-refractivity contribution in [1.82, 2.24) is 20.2 Å². The molecule has 19 heavy (non-hydrogen) atoms. The van der Waals surface area contributed by atoms with Gasteiger partial charge < -0.3 is 9.64 Å². The number of hydrogen-bond acceptors (Lipinski definition) is 5. The van der Waals surface area contributed by atoms with Gasteiger partial charge in [-0.05, 0) is 18.8 Å². The van der Waals surface area contributed by atoms with Crippen LogP contribution < -0.4 is 10.5 Å². The van der Waals surface area contributed by atoms with E-state index in [4.69, 9.17) is 4.74 Å². The quantitative estimate of drug-likeness (QED) is 0.842. The number of H-pyrrole nitrogens is 2. The van der Waals surface area contributed by atoms with Crippen molar-refractivity contribution in [1.29, 1.82) is 0 Å². The second-order valence-electron chi connectivity index (χ2n) is 4.93. The van der Waals surface area contributed by atoms with Crippen LogP contribution in [-0.4, -0.2) is 47.0 Å². The minimum Gasteiger partial charge on any atom is -0.384 e. The molecule has 1 unspecified atom stereocenters. The molecule has 1 aliphatic rings. The summed E-state index contributed by atoms with van der Waals surface area (Å²) in [5.41, 5.74) is 0.384. The summed E-state index contributed by atoms with van der Waals surface area (Å²) < 4.78 is 5.21. The molecule has 0 amide bonds. The maximum Gasteiger partial charge on any atom is 0.263 e. The largest absolute Gasteiger partial charge is 0.384 e. The second-order valence-corrected chi connectivity index (χ2v) is 4.93. The Balaban J connectivity index is 1.88. The van der Waals surface area contributed by atoms with Crippen LogP contribution in [0.3, 0.4) is 0 Å². The molecule has 7 heteroatoms. The normalized spacial score (nSPS) is 20.1. The number of aromatic amines is 2. The molecule has 102 valence electrons. The van der Waals surface area contributed by atoms with Crippen molar-refractivity contribution in [2.75, 3.05) is 31.7 Å². The molecule has 2 aromatic heterocycles. The Hall–Kier alpha value is -1.89. The Morgan fingerprint density at radius 1 is 1.58 bits per heavy atom. The first-order valence-corrected chi connectivity index (χ1v) is 6.45. The van der Waals surface area contributed by atoms with Crippen molar-refractivity contribution in [3.05, 3.63) is 16.6 Å². The molecule has 0 saturated carbocycles. The lowest BCUT2D eigenvalue weighted by atomic mass is 9.99. The van der Waals surface area contributed by atoms with Crippen LogP contribution in [0.15, 0.2) is 11.0 Å². The van der Waals surface area contributed by atoms with Crippen LogP contribution in [0.4, 0.5) is 5.95 Å². The van der Waals surface area contributed by atoms with Gasteiger partial charge in [-0.1, -0.05) is 0 Å². The van der Waals surface area contributed by atoms with Gasteiger partial charge in [-0.2, -0.15) is 10.1 Å². The van der Waals surface area contributed by atoms with Crippen LogP contribution in [0.5, 0.6) is 0 Å². The highest BCUT2D eigenvalue weighted by Crippen LogP contribution is 2.20. The van der Waals surface area contributed by atoms with E-state index in [0.717, 1.165) is 32.5 Å². The molecule has 0 bridgehead atoms. The molecule has 1 saturated heterocycles. The summed E-state index contributed by atoms with van der Waals surface area (Å²) in [7, 11) is 1.72. The van der Waals surface area contributed by atoms with Gasteiger partial charge in [-0.25, -0.2) is 0 Å². The molecule has 0 spiro atoms. The van der Waals surface area contributed by atoms with Gasteiger partial charge in [0.2, 0.25) is 5.95 Å². The van der Waals surface area contributed by atoms with E-state index < -0.39 is 0 Å². The van der Waals surface area contributed by atoms with Gasteiger partial charge >= 0.3 is 0 Å². The summed E-state index contributed by atoms with van der Waals surface area (Å²) in [5.74, 6) is 1.10.